The first-order chi connectivity index (χ1) is 14.7. The topological polar surface area (TPSA) is 75.4 Å². The Kier molecular flexibility index (Phi) is 4.59. The molecule has 2 aromatic carbocycles. The molecule has 0 spiro atoms. The molecule has 7 nitrogen and oxygen atoms in total. The molecule has 1 aliphatic heterocycles. The van der Waals surface area contributed by atoms with Gasteiger partial charge in [-0.2, -0.15) is 4.98 Å². The lowest BCUT2D eigenvalue weighted by molar-refractivity contribution is 0.218. The van der Waals surface area contributed by atoms with E-state index in [1.807, 2.05) is 48.7 Å². The summed E-state index contributed by atoms with van der Waals surface area (Å²) in [6, 6.07) is 16.9. The predicted molar refractivity (Wildman–Crippen MR) is 112 cm³/mol. The van der Waals surface area contributed by atoms with Crippen LogP contribution in [-0.4, -0.2) is 49.8 Å². The number of fused-ring (bicyclic) bond motifs is 1. The van der Waals surface area contributed by atoms with Crippen molar-refractivity contribution < 1.29 is 9.18 Å². The third kappa shape index (κ3) is 3.59. The highest BCUT2D eigenvalue weighted by atomic mass is 19.1. The zero-order valence-electron chi connectivity index (χ0n) is 16.1. The number of urea groups is 1. The van der Waals surface area contributed by atoms with Gasteiger partial charge in [0, 0.05) is 35.8 Å². The summed E-state index contributed by atoms with van der Waals surface area (Å²) in [5.41, 5.74) is 3.35. The van der Waals surface area contributed by atoms with E-state index in [0.29, 0.717) is 30.3 Å². The fourth-order valence-electron chi connectivity index (χ4n) is 3.52. The number of aromatic nitrogens is 4. The average molecular weight is 402 g/mol. The van der Waals surface area contributed by atoms with Crippen LogP contribution in [0.3, 0.4) is 0 Å². The second-order valence-corrected chi connectivity index (χ2v) is 7.23. The summed E-state index contributed by atoms with van der Waals surface area (Å²) in [6.45, 7) is 0.561. The Balaban J connectivity index is 1.40. The van der Waals surface area contributed by atoms with Gasteiger partial charge in [-0.3, -0.25) is 0 Å². The summed E-state index contributed by atoms with van der Waals surface area (Å²) in [7, 11) is 0. The van der Waals surface area contributed by atoms with E-state index in [9.17, 15) is 9.18 Å². The van der Waals surface area contributed by atoms with Crippen LogP contribution < -0.4 is 5.32 Å². The molecule has 8 heteroatoms. The van der Waals surface area contributed by atoms with Gasteiger partial charge in [0.05, 0.1) is 6.54 Å². The quantitative estimate of drug-likeness (QED) is 0.561. The number of carbonyl (C=O) groups excluding carboxylic acids is 1. The van der Waals surface area contributed by atoms with E-state index < -0.39 is 6.17 Å². The third-order valence-corrected chi connectivity index (χ3v) is 5.09. The molecule has 1 atom stereocenters. The number of halogens is 1. The van der Waals surface area contributed by atoms with Crippen molar-refractivity contribution >= 4 is 17.5 Å². The average Bonchev–Trinajstić information content (AvgIpc) is 3.40. The number of anilines is 1. The van der Waals surface area contributed by atoms with Gasteiger partial charge in [-0.25, -0.2) is 18.7 Å². The molecule has 1 aliphatic rings. The highest BCUT2D eigenvalue weighted by Crippen LogP contribution is 2.23. The monoisotopic (exact) mass is 402 g/mol. The smallest absolute Gasteiger partial charge is 0.321 e. The second kappa shape index (κ2) is 7.55. The van der Waals surface area contributed by atoms with Gasteiger partial charge < -0.3 is 10.2 Å². The number of carbonyl (C=O) groups is 1. The minimum Gasteiger partial charge on any atom is -0.322 e. The largest absolute Gasteiger partial charge is 0.322 e. The van der Waals surface area contributed by atoms with Crippen LogP contribution in [0.25, 0.3) is 28.3 Å². The number of rotatable bonds is 3. The maximum absolute atomic E-state index is 13.3. The van der Waals surface area contributed by atoms with Crippen molar-refractivity contribution in [3.05, 3.63) is 67.0 Å². The molecule has 1 fully saturated rings. The minimum atomic E-state index is -0.947. The van der Waals surface area contributed by atoms with Crippen molar-refractivity contribution in [3.63, 3.8) is 0 Å². The fourth-order valence-corrected chi connectivity index (χ4v) is 3.52. The van der Waals surface area contributed by atoms with Crippen molar-refractivity contribution in [1.82, 2.24) is 24.5 Å². The van der Waals surface area contributed by atoms with E-state index in [1.165, 1.54) is 4.90 Å². The minimum absolute atomic E-state index is 0.134. The maximum atomic E-state index is 13.3. The Morgan fingerprint density at radius 2 is 1.90 bits per heavy atom. The molecule has 150 valence electrons. The van der Waals surface area contributed by atoms with Crippen LogP contribution in [0.2, 0.25) is 0 Å². The Morgan fingerprint density at radius 3 is 2.70 bits per heavy atom. The normalized spacial score (nSPS) is 16.2. The standard InChI is InChI=1S/C22H19FN6O/c23-18-9-10-28(14-18)22(30)25-19-8-4-7-16(11-19)20-26-21-24-12-17(13-29(21)27-20)15-5-2-1-3-6-15/h1-8,11-13,18H,9-10,14H2,(H,25,30)/t18-/m1/s1. The summed E-state index contributed by atoms with van der Waals surface area (Å²) >= 11 is 0. The number of hydrogen-bond donors (Lipinski definition) is 1. The lowest BCUT2D eigenvalue weighted by atomic mass is 10.1. The number of alkyl halides is 1. The van der Waals surface area contributed by atoms with Crippen molar-refractivity contribution in [1.29, 1.82) is 0 Å². The van der Waals surface area contributed by atoms with Gasteiger partial charge in [0.15, 0.2) is 5.82 Å². The lowest BCUT2D eigenvalue weighted by Gasteiger charge is -2.16. The van der Waals surface area contributed by atoms with Gasteiger partial charge in [0.25, 0.3) is 5.78 Å². The molecule has 30 heavy (non-hydrogen) atoms. The molecule has 0 aliphatic carbocycles. The van der Waals surface area contributed by atoms with Gasteiger partial charge in [-0.15, -0.1) is 5.10 Å². The summed E-state index contributed by atoms with van der Waals surface area (Å²) in [5.74, 6) is 0.999. The molecule has 5 rings (SSSR count). The van der Waals surface area contributed by atoms with Crippen molar-refractivity contribution in [2.24, 2.45) is 0 Å². The molecule has 0 unspecified atom stereocenters. The Labute approximate surface area is 172 Å². The van der Waals surface area contributed by atoms with E-state index in [4.69, 9.17) is 0 Å². The van der Waals surface area contributed by atoms with Crippen molar-refractivity contribution in [2.75, 3.05) is 18.4 Å². The maximum Gasteiger partial charge on any atom is 0.321 e. The van der Waals surface area contributed by atoms with Crippen LogP contribution in [0.4, 0.5) is 14.9 Å². The summed E-state index contributed by atoms with van der Waals surface area (Å²) in [6.07, 6.45) is 3.10. The van der Waals surface area contributed by atoms with E-state index in [-0.39, 0.29) is 12.6 Å². The molecule has 0 bridgehead atoms. The molecule has 3 heterocycles. The fraction of sp³-hybridized carbons (Fsp3) is 0.182. The predicted octanol–water partition coefficient (Wildman–Crippen LogP) is 4.03. The Bertz CT molecular complexity index is 1210. The van der Waals surface area contributed by atoms with Gasteiger partial charge in [0.2, 0.25) is 0 Å². The molecule has 4 aromatic rings. The van der Waals surface area contributed by atoms with Crippen LogP contribution in [0.15, 0.2) is 67.0 Å². The summed E-state index contributed by atoms with van der Waals surface area (Å²) in [4.78, 5) is 22.7. The molecule has 0 radical (unpaired) electrons. The van der Waals surface area contributed by atoms with Gasteiger partial charge in [-0.1, -0.05) is 42.5 Å². The highest BCUT2D eigenvalue weighted by Gasteiger charge is 2.25. The SMILES string of the molecule is O=C(Nc1cccc(-c2nc3ncc(-c4ccccc4)cn3n2)c1)N1CC[C@@H](F)C1. The third-order valence-electron chi connectivity index (χ3n) is 5.09. The first-order valence-corrected chi connectivity index (χ1v) is 9.74. The molecule has 2 amide bonds. The van der Waals surface area contributed by atoms with E-state index in [0.717, 1.165) is 16.7 Å². The van der Waals surface area contributed by atoms with Crippen LogP contribution in [0.5, 0.6) is 0 Å². The highest BCUT2D eigenvalue weighted by molar-refractivity contribution is 5.90. The number of amides is 2. The van der Waals surface area contributed by atoms with E-state index in [2.05, 4.69) is 20.4 Å². The van der Waals surface area contributed by atoms with Crippen LogP contribution in [0, 0.1) is 0 Å². The number of hydrogen-bond acceptors (Lipinski definition) is 4. The van der Waals surface area contributed by atoms with Crippen molar-refractivity contribution in [2.45, 2.75) is 12.6 Å². The first-order valence-electron chi connectivity index (χ1n) is 9.74. The first kappa shape index (κ1) is 18.2. The molecule has 1 saturated heterocycles. The number of nitrogens with one attached hydrogen (secondary N) is 1. The number of nitrogens with zero attached hydrogens (tertiary/aromatic N) is 5. The molecular formula is C22H19FN6O. The van der Waals surface area contributed by atoms with Crippen LogP contribution in [0.1, 0.15) is 6.42 Å². The lowest BCUT2D eigenvalue weighted by Crippen LogP contribution is -2.33. The zero-order chi connectivity index (χ0) is 20.5. The molecule has 2 aromatic heterocycles. The number of benzene rings is 2. The molecule has 0 saturated carbocycles. The van der Waals surface area contributed by atoms with Gasteiger partial charge in [0.1, 0.15) is 6.17 Å². The molecule has 1 N–H and O–H groups in total. The van der Waals surface area contributed by atoms with E-state index in [1.54, 1.807) is 22.8 Å². The zero-order valence-corrected chi connectivity index (χ0v) is 16.1. The molecular weight excluding hydrogens is 383 g/mol. The summed E-state index contributed by atoms with van der Waals surface area (Å²) < 4.78 is 15.0. The van der Waals surface area contributed by atoms with Crippen molar-refractivity contribution in [3.8, 4) is 22.5 Å². The Morgan fingerprint density at radius 1 is 1.07 bits per heavy atom. The van der Waals surface area contributed by atoms with Gasteiger partial charge in [-0.05, 0) is 24.1 Å². The number of likely N-dealkylation sites (tertiary alicyclic amines) is 1. The van der Waals surface area contributed by atoms with Gasteiger partial charge >= 0.3 is 6.03 Å². The van der Waals surface area contributed by atoms with E-state index >= 15 is 0 Å². The van der Waals surface area contributed by atoms with Crippen LogP contribution in [-0.2, 0) is 0 Å². The van der Waals surface area contributed by atoms with Crippen LogP contribution >= 0.6 is 0 Å². The Hall–Kier alpha value is -3.81. The second-order valence-electron chi connectivity index (χ2n) is 7.23. The summed E-state index contributed by atoms with van der Waals surface area (Å²) in [5, 5.41) is 7.37.